The maximum absolute atomic E-state index is 13.8. The third kappa shape index (κ3) is 7.74. The van der Waals surface area contributed by atoms with Crippen molar-refractivity contribution in [2.75, 3.05) is 0 Å². The first-order valence-electron chi connectivity index (χ1n) is 13.1. The number of ether oxygens (including phenoxy) is 1. The molecule has 39 heavy (non-hydrogen) atoms. The van der Waals surface area contributed by atoms with Gasteiger partial charge in [-0.1, -0.05) is 18.2 Å². The Hall–Kier alpha value is -3.56. The lowest BCUT2D eigenvalue weighted by atomic mass is 9.94. The van der Waals surface area contributed by atoms with Crippen LogP contribution in [-0.4, -0.2) is 49.4 Å². The van der Waals surface area contributed by atoms with Crippen molar-refractivity contribution in [3.8, 4) is 22.4 Å². The number of carbonyl (C=O) groups excluding carboxylic acids is 2. The van der Waals surface area contributed by atoms with E-state index in [1.807, 2.05) is 24.5 Å². The summed E-state index contributed by atoms with van der Waals surface area (Å²) in [4.78, 5) is 29.4. The first-order chi connectivity index (χ1) is 18.3. The summed E-state index contributed by atoms with van der Waals surface area (Å²) in [6.07, 6.45) is -0.0928. The standard InChI is InChI=1S/C30H38FN3O5/c1-18(2)34-24(14-13-21(35)16-22(36)17-25(37)39-30(3,4)5)26(19-9-11-20(31)12-10-19)27(28(34)29(32)38)23-8-6-7-15-33-23/h6-12,15,18,21-22,35-36H,13-14,16-17H2,1-5H3,(H2,32,38). The number of benzene rings is 1. The largest absolute Gasteiger partial charge is 0.460 e. The average Bonchev–Trinajstić information content (AvgIpc) is 3.18. The highest BCUT2D eigenvalue weighted by atomic mass is 19.1. The number of halogens is 1. The van der Waals surface area contributed by atoms with Crippen LogP contribution in [0.15, 0.2) is 48.7 Å². The summed E-state index contributed by atoms with van der Waals surface area (Å²) >= 11 is 0. The van der Waals surface area contributed by atoms with Crippen molar-refractivity contribution in [2.24, 2.45) is 5.73 Å². The lowest BCUT2D eigenvalue weighted by Gasteiger charge is -2.22. The fourth-order valence-electron chi connectivity index (χ4n) is 4.78. The lowest BCUT2D eigenvalue weighted by molar-refractivity contribution is -0.157. The van der Waals surface area contributed by atoms with Gasteiger partial charge in [0.1, 0.15) is 17.1 Å². The van der Waals surface area contributed by atoms with Gasteiger partial charge in [-0.15, -0.1) is 0 Å². The molecule has 2 heterocycles. The van der Waals surface area contributed by atoms with Crippen molar-refractivity contribution in [1.82, 2.24) is 9.55 Å². The number of rotatable bonds is 11. The van der Waals surface area contributed by atoms with E-state index < -0.39 is 35.5 Å². The van der Waals surface area contributed by atoms with Gasteiger partial charge < -0.3 is 25.3 Å². The molecule has 8 nitrogen and oxygen atoms in total. The predicted octanol–water partition coefficient (Wildman–Crippen LogP) is 4.81. The minimum atomic E-state index is -1.08. The Balaban J connectivity index is 2.00. The summed E-state index contributed by atoms with van der Waals surface area (Å²) in [5.41, 5.74) is 8.68. The minimum absolute atomic E-state index is 0.0245. The number of hydrogen-bond acceptors (Lipinski definition) is 6. The van der Waals surface area contributed by atoms with Crippen LogP contribution in [0, 0.1) is 5.82 Å². The molecule has 210 valence electrons. The van der Waals surface area contributed by atoms with Crippen molar-refractivity contribution in [1.29, 1.82) is 0 Å². The molecule has 0 spiro atoms. The maximum atomic E-state index is 13.8. The van der Waals surface area contributed by atoms with Gasteiger partial charge in [0.05, 0.1) is 24.3 Å². The van der Waals surface area contributed by atoms with E-state index in [1.165, 1.54) is 12.1 Å². The van der Waals surface area contributed by atoms with Gasteiger partial charge in [-0.2, -0.15) is 0 Å². The van der Waals surface area contributed by atoms with Crippen LogP contribution in [0.1, 0.15) is 76.1 Å². The van der Waals surface area contributed by atoms with Crippen LogP contribution in [0.4, 0.5) is 4.39 Å². The van der Waals surface area contributed by atoms with Crippen molar-refractivity contribution in [2.45, 2.75) is 84.2 Å². The Labute approximate surface area is 228 Å². The van der Waals surface area contributed by atoms with Gasteiger partial charge in [0, 0.05) is 29.1 Å². The van der Waals surface area contributed by atoms with E-state index in [0.717, 1.165) is 5.69 Å². The zero-order valence-electron chi connectivity index (χ0n) is 23.1. The van der Waals surface area contributed by atoms with Crippen molar-refractivity contribution < 1.29 is 28.9 Å². The number of hydrogen-bond donors (Lipinski definition) is 3. The molecule has 0 fully saturated rings. The molecule has 1 amide bonds. The van der Waals surface area contributed by atoms with Crippen LogP contribution < -0.4 is 5.73 Å². The Morgan fingerprint density at radius 2 is 1.72 bits per heavy atom. The second-order valence-corrected chi connectivity index (χ2v) is 11.0. The number of aliphatic hydroxyl groups is 2. The SMILES string of the molecule is CC(C)n1c(CCC(O)CC(O)CC(=O)OC(C)(C)C)c(-c2ccc(F)cc2)c(-c2ccccn2)c1C(N)=O. The van der Waals surface area contributed by atoms with Gasteiger partial charge in [-0.3, -0.25) is 14.6 Å². The third-order valence-electron chi connectivity index (χ3n) is 6.19. The molecule has 0 aliphatic heterocycles. The molecular weight excluding hydrogens is 501 g/mol. The highest BCUT2D eigenvalue weighted by Gasteiger charge is 2.30. The van der Waals surface area contributed by atoms with E-state index in [9.17, 15) is 24.2 Å². The molecule has 1 aromatic carbocycles. The molecule has 9 heteroatoms. The van der Waals surface area contributed by atoms with Crippen LogP contribution in [0.2, 0.25) is 0 Å². The Morgan fingerprint density at radius 3 is 2.26 bits per heavy atom. The molecule has 2 atom stereocenters. The van der Waals surface area contributed by atoms with Gasteiger partial charge in [-0.05, 0) is 83.7 Å². The fraction of sp³-hybridized carbons (Fsp3) is 0.433. The van der Waals surface area contributed by atoms with Crippen molar-refractivity contribution in [3.63, 3.8) is 0 Å². The zero-order chi connectivity index (χ0) is 28.9. The summed E-state index contributed by atoms with van der Waals surface area (Å²) in [5.74, 6) is -1.57. The molecule has 0 saturated heterocycles. The number of carbonyl (C=O) groups is 2. The number of primary amides is 1. The normalized spacial score (nSPS) is 13.4. The van der Waals surface area contributed by atoms with Gasteiger partial charge in [-0.25, -0.2) is 4.39 Å². The molecule has 2 aromatic heterocycles. The Bertz CT molecular complexity index is 1280. The van der Waals surface area contributed by atoms with Crippen LogP contribution in [0.5, 0.6) is 0 Å². The van der Waals surface area contributed by atoms with E-state index in [0.29, 0.717) is 28.8 Å². The fourth-order valence-corrected chi connectivity index (χ4v) is 4.78. The monoisotopic (exact) mass is 539 g/mol. The van der Waals surface area contributed by atoms with Gasteiger partial charge in [0.15, 0.2) is 0 Å². The predicted molar refractivity (Wildman–Crippen MR) is 147 cm³/mol. The number of nitrogens with two attached hydrogens (primary N) is 1. The molecule has 4 N–H and O–H groups in total. The average molecular weight is 540 g/mol. The number of nitrogens with zero attached hydrogens (tertiary/aromatic N) is 2. The van der Waals surface area contributed by atoms with E-state index in [4.69, 9.17) is 10.5 Å². The number of aliphatic hydroxyl groups excluding tert-OH is 2. The molecule has 3 rings (SSSR count). The number of pyridine rings is 1. The second kappa shape index (κ2) is 12.5. The van der Waals surface area contributed by atoms with Crippen LogP contribution in [0.25, 0.3) is 22.4 Å². The molecule has 0 aliphatic carbocycles. The number of amides is 1. The summed E-state index contributed by atoms with van der Waals surface area (Å²) in [5, 5.41) is 21.2. The second-order valence-electron chi connectivity index (χ2n) is 11.0. The molecular formula is C30H38FN3O5. The highest BCUT2D eigenvalue weighted by Crippen LogP contribution is 2.41. The first-order valence-corrected chi connectivity index (χ1v) is 13.1. The van der Waals surface area contributed by atoms with Crippen molar-refractivity contribution in [3.05, 3.63) is 65.9 Å². The first kappa shape index (κ1) is 30.0. The topological polar surface area (TPSA) is 128 Å². The van der Waals surface area contributed by atoms with Crippen LogP contribution >= 0.6 is 0 Å². The van der Waals surface area contributed by atoms with E-state index in [2.05, 4.69) is 4.98 Å². The van der Waals surface area contributed by atoms with Crippen LogP contribution in [0.3, 0.4) is 0 Å². The van der Waals surface area contributed by atoms with Crippen molar-refractivity contribution >= 4 is 11.9 Å². The van der Waals surface area contributed by atoms with Gasteiger partial charge >= 0.3 is 5.97 Å². The van der Waals surface area contributed by atoms with E-state index >= 15 is 0 Å². The Kier molecular flexibility index (Phi) is 9.63. The summed E-state index contributed by atoms with van der Waals surface area (Å²) in [6.45, 7) is 9.08. The lowest BCUT2D eigenvalue weighted by Crippen LogP contribution is -2.28. The van der Waals surface area contributed by atoms with Gasteiger partial charge in [0.2, 0.25) is 0 Å². The Morgan fingerprint density at radius 1 is 1.05 bits per heavy atom. The molecule has 0 bridgehead atoms. The van der Waals surface area contributed by atoms with Crippen LogP contribution in [-0.2, 0) is 16.0 Å². The molecule has 0 aliphatic rings. The molecule has 3 aromatic rings. The third-order valence-corrected chi connectivity index (χ3v) is 6.19. The molecule has 0 radical (unpaired) electrons. The zero-order valence-corrected chi connectivity index (χ0v) is 23.1. The molecule has 0 saturated carbocycles. The van der Waals surface area contributed by atoms with E-state index in [1.54, 1.807) is 51.2 Å². The van der Waals surface area contributed by atoms with Gasteiger partial charge in [0.25, 0.3) is 5.91 Å². The number of esters is 1. The number of aromatic nitrogens is 2. The molecule has 2 unspecified atom stereocenters. The maximum Gasteiger partial charge on any atom is 0.308 e. The quantitative estimate of drug-likeness (QED) is 0.300. The minimum Gasteiger partial charge on any atom is -0.460 e. The van der Waals surface area contributed by atoms with E-state index in [-0.39, 0.29) is 31.0 Å². The summed E-state index contributed by atoms with van der Waals surface area (Å²) < 4.78 is 20.9. The highest BCUT2D eigenvalue weighted by molar-refractivity contribution is 6.04. The smallest absolute Gasteiger partial charge is 0.308 e. The summed E-state index contributed by atoms with van der Waals surface area (Å²) in [7, 11) is 0. The summed E-state index contributed by atoms with van der Waals surface area (Å²) in [6, 6.07) is 11.2.